The zero-order chi connectivity index (χ0) is 14.7. The molecular formula is C14H11FN4OS. The Morgan fingerprint density at radius 2 is 2.10 bits per heavy atom. The molecule has 0 aliphatic heterocycles. The molecule has 0 bridgehead atoms. The molecule has 0 radical (unpaired) electrons. The van der Waals surface area contributed by atoms with E-state index in [0.29, 0.717) is 33.7 Å². The SMILES string of the molecule is Nc1cc(-c2nc(CSc3ccccc3F)no2)ccn1. The van der Waals surface area contributed by atoms with Crippen LogP contribution in [0.15, 0.2) is 52.0 Å². The number of aromatic nitrogens is 3. The number of thioether (sulfide) groups is 1. The second-order valence-corrected chi connectivity index (χ2v) is 5.22. The van der Waals surface area contributed by atoms with Crippen LogP contribution in [-0.4, -0.2) is 15.1 Å². The van der Waals surface area contributed by atoms with Crippen LogP contribution in [-0.2, 0) is 5.75 Å². The summed E-state index contributed by atoms with van der Waals surface area (Å²) in [4.78, 5) is 8.71. The van der Waals surface area contributed by atoms with Crippen LogP contribution >= 0.6 is 11.8 Å². The lowest BCUT2D eigenvalue weighted by Crippen LogP contribution is -1.90. The van der Waals surface area contributed by atoms with Crippen molar-refractivity contribution in [3.63, 3.8) is 0 Å². The summed E-state index contributed by atoms with van der Waals surface area (Å²) in [7, 11) is 0. The number of rotatable bonds is 4. The maximum Gasteiger partial charge on any atom is 0.258 e. The van der Waals surface area contributed by atoms with Gasteiger partial charge in [-0.2, -0.15) is 4.98 Å². The summed E-state index contributed by atoms with van der Waals surface area (Å²) in [6.07, 6.45) is 1.57. The van der Waals surface area contributed by atoms with Gasteiger partial charge in [0.15, 0.2) is 5.82 Å². The van der Waals surface area contributed by atoms with Crippen molar-refractivity contribution < 1.29 is 8.91 Å². The van der Waals surface area contributed by atoms with Crippen molar-refractivity contribution in [3.8, 4) is 11.5 Å². The molecule has 1 aromatic carbocycles. The molecule has 3 rings (SSSR count). The molecule has 0 saturated carbocycles. The number of nitrogens with two attached hydrogens (primary N) is 1. The predicted octanol–water partition coefficient (Wildman–Crippen LogP) is 3.15. The molecule has 0 aliphatic carbocycles. The summed E-state index contributed by atoms with van der Waals surface area (Å²) < 4.78 is 18.7. The van der Waals surface area contributed by atoms with E-state index in [1.807, 2.05) is 0 Å². The van der Waals surface area contributed by atoms with E-state index in [9.17, 15) is 4.39 Å². The minimum absolute atomic E-state index is 0.256. The Morgan fingerprint density at radius 3 is 2.90 bits per heavy atom. The molecular weight excluding hydrogens is 291 g/mol. The van der Waals surface area contributed by atoms with Crippen molar-refractivity contribution in [3.05, 3.63) is 54.2 Å². The maximum atomic E-state index is 13.5. The van der Waals surface area contributed by atoms with E-state index in [4.69, 9.17) is 10.3 Å². The van der Waals surface area contributed by atoms with Crippen LogP contribution in [0.1, 0.15) is 5.82 Å². The van der Waals surface area contributed by atoms with Crippen LogP contribution < -0.4 is 5.73 Å². The first-order chi connectivity index (χ1) is 10.2. The first-order valence-corrected chi connectivity index (χ1v) is 7.13. The number of halogens is 1. The highest BCUT2D eigenvalue weighted by Crippen LogP contribution is 2.25. The van der Waals surface area contributed by atoms with E-state index >= 15 is 0 Å². The molecule has 2 aromatic heterocycles. The highest BCUT2D eigenvalue weighted by atomic mass is 32.2. The Hall–Kier alpha value is -2.41. The molecule has 5 nitrogen and oxygen atoms in total. The molecule has 2 heterocycles. The van der Waals surface area contributed by atoms with E-state index in [2.05, 4.69) is 15.1 Å². The van der Waals surface area contributed by atoms with Crippen molar-refractivity contribution >= 4 is 17.6 Å². The lowest BCUT2D eigenvalue weighted by Gasteiger charge is -1.99. The van der Waals surface area contributed by atoms with Crippen LogP contribution in [0.3, 0.4) is 0 Å². The minimum Gasteiger partial charge on any atom is -0.384 e. The number of benzene rings is 1. The summed E-state index contributed by atoms with van der Waals surface area (Å²) in [5, 5.41) is 3.88. The normalized spacial score (nSPS) is 10.7. The second-order valence-electron chi connectivity index (χ2n) is 4.20. The van der Waals surface area contributed by atoms with Gasteiger partial charge in [-0.15, -0.1) is 11.8 Å². The molecule has 7 heteroatoms. The number of pyridine rings is 1. The van der Waals surface area contributed by atoms with Gasteiger partial charge >= 0.3 is 0 Å². The molecule has 0 fully saturated rings. The monoisotopic (exact) mass is 302 g/mol. The average molecular weight is 302 g/mol. The smallest absolute Gasteiger partial charge is 0.258 e. The number of nitrogens with zero attached hydrogens (tertiary/aromatic N) is 3. The van der Waals surface area contributed by atoms with Gasteiger partial charge in [-0.05, 0) is 24.3 Å². The van der Waals surface area contributed by atoms with Crippen LogP contribution in [0.25, 0.3) is 11.5 Å². The van der Waals surface area contributed by atoms with Crippen LogP contribution in [0, 0.1) is 5.82 Å². The maximum absolute atomic E-state index is 13.5. The summed E-state index contributed by atoms with van der Waals surface area (Å²) in [6, 6.07) is 9.96. The summed E-state index contributed by atoms with van der Waals surface area (Å²) in [5.41, 5.74) is 6.31. The number of hydrogen-bond donors (Lipinski definition) is 1. The molecule has 0 aliphatic rings. The van der Waals surface area contributed by atoms with Crippen molar-refractivity contribution in [1.82, 2.24) is 15.1 Å². The lowest BCUT2D eigenvalue weighted by molar-refractivity contribution is 0.425. The average Bonchev–Trinajstić information content (AvgIpc) is 2.95. The zero-order valence-electron chi connectivity index (χ0n) is 10.9. The molecule has 0 saturated heterocycles. The van der Waals surface area contributed by atoms with Gasteiger partial charge in [0.2, 0.25) is 0 Å². The van der Waals surface area contributed by atoms with Gasteiger partial charge in [0.1, 0.15) is 11.6 Å². The largest absolute Gasteiger partial charge is 0.384 e. The van der Waals surface area contributed by atoms with Crippen molar-refractivity contribution in [2.24, 2.45) is 0 Å². The molecule has 2 N–H and O–H groups in total. The summed E-state index contributed by atoms with van der Waals surface area (Å²) >= 11 is 1.31. The Balaban J connectivity index is 1.72. The molecule has 0 amide bonds. The van der Waals surface area contributed by atoms with Crippen molar-refractivity contribution in [1.29, 1.82) is 0 Å². The third-order valence-electron chi connectivity index (χ3n) is 2.69. The lowest BCUT2D eigenvalue weighted by atomic mass is 10.2. The fraction of sp³-hybridized carbons (Fsp3) is 0.0714. The predicted molar refractivity (Wildman–Crippen MR) is 77.9 cm³/mol. The Morgan fingerprint density at radius 1 is 1.24 bits per heavy atom. The Kier molecular flexibility index (Phi) is 3.83. The van der Waals surface area contributed by atoms with Crippen LogP contribution in [0.4, 0.5) is 10.2 Å². The standard InChI is InChI=1S/C14H11FN4OS/c15-10-3-1-2-4-11(10)21-8-13-18-14(20-19-13)9-5-6-17-12(16)7-9/h1-7H,8H2,(H2,16,17). The van der Waals surface area contributed by atoms with Crippen LogP contribution in [0.2, 0.25) is 0 Å². The fourth-order valence-corrected chi connectivity index (χ4v) is 2.50. The third kappa shape index (κ3) is 3.19. The van der Waals surface area contributed by atoms with Gasteiger partial charge in [0, 0.05) is 16.7 Å². The van der Waals surface area contributed by atoms with E-state index < -0.39 is 0 Å². The van der Waals surface area contributed by atoms with E-state index in [1.54, 1.807) is 36.5 Å². The minimum atomic E-state index is -0.256. The number of anilines is 1. The van der Waals surface area contributed by atoms with Gasteiger partial charge in [0.05, 0.1) is 5.75 Å². The Bertz CT molecular complexity index is 762. The van der Waals surface area contributed by atoms with Crippen molar-refractivity contribution in [2.75, 3.05) is 5.73 Å². The third-order valence-corrected chi connectivity index (χ3v) is 3.73. The topological polar surface area (TPSA) is 77.8 Å². The molecule has 106 valence electrons. The summed E-state index contributed by atoms with van der Waals surface area (Å²) in [6.45, 7) is 0. The summed E-state index contributed by atoms with van der Waals surface area (Å²) in [5.74, 6) is 1.41. The number of hydrogen-bond acceptors (Lipinski definition) is 6. The fourth-order valence-electron chi connectivity index (χ4n) is 1.72. The zero-order valence-corrected chi connectivity index (χ0v) is 11.7. The highest BCUT2D eigenvalue weighted by molar-refractivity contribution is 7.98. The number of nitrogen functional groups attached to an aromatic ring is 1. The van der Waals surface area contributed by atoms with Gasteiger partial charge < -0.3 is 10.3 Å². The second kappa shape index (κ2) is 5.92. The Labute approximate surface area is 124 Å². The molecule has 3 aromatic rings. The highest BCUT2D eigenvalue weighted by Gasteiger charge is 2.10. The van der Waals surface area contributed by atoms with Gasteiger partial charge in [-0.3, -0.25) is 0 Å². The first kappa shape index (κ1) is 13.6. The van der Waals surface area contributed by atoms with E-state index in [1.165, 1.54) is 17.8 Å². The van der Waals surface area contributed by atoms with E-state index in [-0.39, 0.29) is 5.82 Å². The van der Waals surface area contributed by atoms with Crippen LogP contribution in [0.5, 0.6) is 0 Å². The van der Waals surface area contributed by atoms with Gasteiger partial charge in [-0.25, -0.2) is 9.37 Å². The molecule has 21 heavy (non-hydrogen) atoms. The molecule has 0 unspecified atom stereocenters. The quantitative estimate of drug-likeness (QED) is 0.746. The molecule has 0 atom stereocenters. The van der Waals surface area contributed by atoms with Gasteiger partial charge in [0.25, 0.3) is 5.89 Å². The molecule has 0 spiro atoms. The van der Waals surface area contributed by atoms with E-state index in [0.717, 1.165) is 0 Å². The van der Waals surface area contributed by atoms with Gasteiger partial charge in [-0.1, -0.05) is 17.3 Å². The van der Waals surface area contributed by atoms with Crippen molar-refractivity contribution in [2.45, 2.75) is 10.6 Å². The first-order valence-electron chi connectivity index (χ1n) is 6.14.